The van der Waals surface area contributed by atoms with Gasteiger partial charge < -0.3 is 9.64 Å². The van der Waals surface area contributed by atoms with Gasteiger partial charge in [-0.05, 0) is 33.4 Å². The Kier molecular flexibility index (Phi) is 2.69. The lowest BCUT2D eigenvalue weighted by Gasteiger charge is -2.13. The third kappa shape index (κ3) is 2.27. The summed E-state index contributed by atoms with van der Waals surface area (Å²) in [7, 11) is 4.23. The SMILES string of the molecule is CC1CC(CN(C)C)CO1. The number of ether oxygens (including phenoxy) is 1. The van der Waals surface area contributed by atoms with Gasteiger partial charge in [-0.25, -0.2) is 0 Å². The molecule has 60 valence electrons. The predicted octanol–water partition coefficient (Wildman–Crippen LogP) is 0.973. The molecule has 2 nitrogen and oxygen atoms in total. The van der Waals surface area contributed by atoms with Crippen molar-refractivity contribution in [3.05, 3.63) is 0 Å². The van der Waals surface area contributed by atoms with Crippen LogP contribution in [0.15, 0.2) is 0 Å². The van der Waals surface area contributed by atoms with E-state index in [-0.39, 0.29) is 0 Å². The van der Waals surface area contributed by atoms with Crippen LogP contribution in [0.25, 0.3) is 0 Å². The first-order chi connectivity index (χ1) is 4.68. The van der Waals surface area contributed by atoms with Crippen LogP contribution in [0.5, 0.6) is 0 Å². The smallest absolute Gasteiger partial charge is 0.0551 e. The van der Waals surface area contributed by atoms with Gasteiger partial charge >= 0.3 is 0 Å². The number of nitrogens with zero attached hydrogens (tertiary/aromatic N) is 1. The minimum Gasteiger partial charge on any atom is -0.378 e. The molecular formula is C8H17NO. The highest BCUT2D eigenvalue weighted by Crippen LogP contribution is 2.18. The summed E-state index contributed by atoms with van der Waals surface area (Å²) in [6.07, 6.45) is 1.72. The highest BCUT2D eigenvalue weighted by atomic mass is 16.5. The summed E-state index contributed by atoms with van der Waals surface area (Å²) in [5, 5.41) is 0. The Morgan fingerprint density at radius 3 is 2.60 bits per heavy atom. The monoisotopic (exact) mass is 143 g/mol. The molecule has 0 aliphatic carbocycles. The lowest BCUT2D eigenvalue weighted by atomic mass is 10.1. The normalized spacial score (nSPS) is 33.6. The van der Waals surface area contributed by atoms with Crippen molar-refractivity contribution in [3.8, 4) is 0 Å². The second-order valence-electron chi connectivity index (χ2n) is 3.51. The maximum absolute atomic E-state index is 5.44. The van der Waals surface area contributed by atoms with Gasteiger partial charge in [-0.15, -0.1) is 0 Å². The minimum atomic E-state index is 0.491. The minimum absolute atomic E-state index is 0.491. The van der Waals surface area contributed by atoms with E-state index >= 15 is 0 Å². The molecule has 1 aliphatic heterocycles. The Morgan fingerprint density at radius 2 is 2.20 bits per heavy atom. The zero-order valence-electron chi connectivity index (χ0n) is 7.13. The molecule has 1 heterocycles. The zero-order valence-corrected chi connectivity index (χ0v) is 7.13. The fraction of sp³-hybridized carbons (Fsp3) is 1.00. The molecular weight excluding hydrogens is 126 g/mol. The summed E-state index contributed by atoms with van der Waals surface area (Å²) in [6, 6.07) is 0. The second-order valence-corrected chi connectivity index (χ2v) is 3.51. The van der Waals surface area contributed by atoms with Crippen molar-refractivity contribution in [1.29, 1.82) is 0 Å². The van der Waals surface area contributed by atoms with Crippen LogP contribution >= 0.6 is 0 Å². The molecule has 0 spiro atoms. The molecule has 0 aromatic heterocycles. The Hall–Kier alpha value is -0.0800. The molecule has 0 aromatic rings. The van der Waals surface area contributed by atoms with Crippen molar-refractivity contribution in [2.45, 2.75) is 19.4 Å². The van der Waals surface area contributed by atoms with Crippen molar-refractivity contribution in [1.82, 2.24) is 4.90 Å². The van der Waals surface area contributed by atoms with Crippen LogP contribution in [0.2, 0.25) is 0 Å². The topological polar surface area (TPSA) is 12.5 Å². The van der Waals surface area contributed by atoms with E-state index in [1.807, 2.05) is 0 Å². The fourth-order valence-corrected chi connectivity index (χ4v) is 1.55. The molecule has 2 atom stereocenters. The van der Waals surface area contributed by atoms with E-state index in [9.17, 15) is 0 Å². The first-order valence-electron chi connectivity index (χ1n) is 3.95. The van der Waals surface area contributed by atoms with Gasteiger partial charge in [-0.1, -0.05) is 0 Å². The van der Waals surface area contributed by atoms with Gasteiger partial charge in [0.1, 0.15) is 0 Å². The summed E-state index contributed by atoms with van der Waals surface area (Å²) in [6.45, 7) is 4.28. The van der Waals surface area contributed by atoms with Gasteiger partial charge in [0.15, 0.2) is 0 Å². The van der Waals surface area contributed by atoms with Crippen molar-refractivity contribution in [2.24, 2.45) is 5.92 Å². The van der Waals surface area contributed by atoms with Crippen LogP contribution in [-0.4, -0.2) is 38.3 Å². The Labute approximate surface area is 63.2 Å². The maximum atomic E-state index is 5.44. The van der Waals surface area contributed by atoms with Gasteiger partial charge in [-0.2, -0.15) is 0 Å². The Bertz CT molecular complexity index is 103. The number of rotatable bonds is 2. The van der Waals surface area contributed by atoms with E-state index in [1.165, 1.54) is 13.0 Å². The summed E-state index contributed by atoms with van der Waals surface area (Å²) in [4.78, 5) is 2.23. The van der Waals surface area contributed by atoms with Crippen molar-refractivity contribution >= 4 is 0 Å². The molecule has 10 heavy (non-hydrogen) atoms. The molecule has 2 unspecified atom stereocenters. The Balaban J connectivity index is 2.18. The first-order valence-corrected chi connectivity index (χ1v) is 3.95. The van der Waals surface area contributed by atoms with Crippen molar-refractivity contribution in [2.75, 3.05) is 27.2 Å². The molecule has 1 rings (SSSR count). The maximum Gasteiger partial charge on any atom is 0.0551 e. The van der Waals surface area contributed by atoms with Gasteiger partial charge in [-0.3, -0.25) is 0 Å². The molecule has 0 N–H and O–H groups in total. The van der Waals surface area contributed by atoms with Crippen LogP contribution < -0.4 is 0 Å². The van der Waals surface area contributed by atoms with E-state index in [0.717, 1.165) is 12.5 Å². The highest BCUT2D eigenvalue weighted by Gasteiger charge is 2.21. The molecule has 0 saturated carbocycles. The largest absolute Gasteiger partial charge is 0.378 e. The molecule has 1 fully saturated rings. The molecule has 2 heteroatoms. The van der Waals surface area contributed by atoms with Crippen molar-refractivity contribution < 1.29 is 4.74 Å². The van der Waals surface area contributed by atoms with E-state index in [4.69, 9.17) is 4.74 Å². The summed E-state index contributed by atoms with van der Waals surface area (Å²) >= 11 is 0. The molecule has 1 saturated heterocycles. The molecule has 0 amide bonds. The number of hydrogen-bond donors (Lipinski definition) is 0. The van der Waals surface area contributed by atoms with E-state index < -0.39 is 0 Å². The van der Waals surface area contributed by atoms with Crippen molar-refractivity contribution in [3.63, 3.8) is 0 Å². The molecule has 1 aliphatic rings. The second kappa shape index (κ2) is 3.35. The first kappa shape index (κ1) is 8.02. The Morgan fingerprint density at radius 1 is 1.50 bits per heavy atom. The van der Waals surface area contributed by atoms with Crippen LogP contribution in [0.4, 0.5) is 0 Å². The quantitative estimate of drug-likeness (QED) is 0.571. The number of hydrogen-bond acceptors (Lipinski definition) is 2. The van der Waals surface area contributed by atoms with Crippen LogP contribution in [0.1, 0.15) is 13.3 Å². The average Bonchev–Trinajstić information content (AvgIpc) is 2.13. The highest BCUT2D eigenvalue weighted by molar-refractivity contribution is 4.71. The van der Waals surface area contributed by atoms with E-state index in [1.54, 1.807) is 0 Å². The third-order valence-electron chi connectivity index (χ3n) is 1.91. The summed E-state index contributed by atoms with van der Waals surface area (Å²) < 4.78 is 5.44. The van der Waals surface area contributed by atoms with Crippen LogP contribution in [-0.2, 0) is 4.74 Å². The molecule has 0 bridgehead atoms. The average molecular weight is 143 g/mol. The standard InChI is InChI=1S/C8H17NO/c1-7-4-8(6-10-7)5-9(2)3/h7-8H,4-6H2,1-3H3. The van der Waals surface area contributed by atoms with E-state index in [2.05, 4.69) is 25.9 Å². The fourth-order valence-electron chi connectivity index (χ4n) is 1.55. The van der Waals surface area contributed by atoms with E-state index in [0.29, 0.717) is 6.10 Å². The van der Waals surface area contributed by atoms with Gasteiger partial charge in [0.05, 0.1) is 12.7 Å². The van der Waals surface area contributed by atoms with Crippen LogP contribution in [0.3, 0.4) is 0 Å². The summed E-state index contributed by atoms with van der Waals surface area (Å²) in [5.41, 5.74) is 0. The predicted molar refractivity (Wildman–Crippen MR) is 42.1 cm³/mol. The molecule has 0 radical (unpaired) electrons. The van der Waals surface area contributed by atoms with Gasteiger partial charge in [0.25, 0.3) is 0 Å². The third-order valence-corrected chi connectivity index (χ3v) is 1.91. The lowest BCUT2D eigenvalue weighted by Crippen LogP contribution is -2.21. The van der Waals surface area contributed by atoms with Gasteiger partial charge in [0.2, 0.25) is 0 Å². The zero-order chi connectivity index (χ0) is 7.56. The van der Waals surface area contributed by atoms with Gasteiger partial charge in [0, 0.05) is 6.54 Å². The lowest BCUT2D eigenvalue weighted by molar-refractivity contribution is 0.117. The summed E-state index contributed by atoms with van der Waals surface area (Å²) in [5.74, 6) is 0.769. The molecule has 0 aromatic carbocycles. The van der Waals surface area contributed by atoms with Crippen LogP contribution in [0, 0.1) is 5.92 Å².